The molecule has 190 valence electrons. The Balaban J connectivity index is 1.73. The van der Waals surface area contributed by atoms with E-state index in [1.165, 1.54) is 0 Å². The minimum atomic E-state index is -3.65. The molecular weight excluding hydrogens is 488 g/mol. The van der Waals surface area contributed by atoms with Crippen molar-refractivity contribution in [3.05, 3.63) is 132 Å². The summed E-state index contributed by atoms with van der Waals surface area (Å²) in [5, 5.41) is -0.796. The smallest absolute Gasteiger partial charge is 0.238 e. The van der Waals surface area contributed by atoms with E-state index in [0.717, 1.165) is 4.57 Å². The molecule has 0 fully saturated rings. The first-order chi connectivity index (χ1) is 26.3. The van der Waals surface area contributed by atoms with E-state index in [9.17, 15) is 4.11 Å². The van der Waals surface area contributed by atoms with E-state index in [0.29, 0.717) is 11.1 Å². The van der Waals surface area contributed by atoms with Crippen LogP contribution in [0.5, 0.6) is 0 Å². The van der Waals surface area contributed by atoms with Gasteiger partial charge < -0.3 is 0 Å². The predicted octanol–water partition coefficient (Wildman–Crippen LogP) is 8.61. The summed E-state index contributed by atoms with van der Waals surface area (Å²) in [6.45, 7) is -7.31. The highest BCUT2D eigenvalue weighted by Crippen LogP contribution is 2.52. The average molecular weight is 531 g/mol. The molecule has 4 heteroatoms. The lowest BCUT2D eigenvalue weighted by Crippen LogP contribution is -2.17. The molecule has 0 aliphatic heterocycles. The lowest BCUT2D eigenvalue weighted by Gasteiger charge is -2.23. The Hall–Kier alpha value is -5.09. The van der Waals surface area contributed by atoms with Gasteiger partial charge in [0.05, 0.1) is 24.7 Å². The van der Waals surface area contributed by atoms with E-state index < -0.39 is 113 Å². The molecule has 1 aliphatic carbocycles. The van der Waals surface area contributed by atoms with Gasteiger partial charge in [0.25, 0.3) is 0 Å². The fourth-order valence-corrected chi connectivity index (χ4v) is 5.22. The van der Waals surface area contributed by atoms with Gasteiger partial charge in [-0.05, 0) is 28.3 Å². The van der Waals surface area contributed by atoms with Crippen LogP contribution in [0.2, 0.25) is 0 Å². The highest BCUT2D eigenvalue weighted by Gasteiger charge is 2.38. The van der Waals surface area contributed by atoms with E-state index >= 15 is 0 Å². The van der Waals surface area contributed by atoms with Gasteiger partial charge in [-0.1, -0.05) is 129 Å². The molecule has 2 heterocycles. The van der Waals surface area contributed by atoms with Gasteiger partial charge in [-0.25, -0.2) is 4.98 Å². The van der Waals surface area contributed by atoms with Crippen LogP contribution in [0.15, 0.2) is 121 Å². The van der Waals surface area contributed by atoms with Crippen LogP contribution in [0.1, 0.15) is 46.8 Å². The average Bonchev–Trinajstić information content (AvgIpc) is 3.70. The van der Waals surface area contributed by atoms with Crippen LogP contribution in [-0.2, 0) is 5.41 Å². The quantitative estimate of drug-likeness (QED) is 0.230. The van der Waals surface area contributed by atoms with E-state index in [4.69, 9.17) is 27.8 Å². The molecule has 7 aromatic rings. The van der Waals surface area contributed by atoms with Crippen molar-refractivity contribution < 1.29 is 21.9 Å². The van der Waals surface area contributed by atoms with Crippen LogP contribution in [0.3, 0.4) is 0 Å². The number of fused-ring (bicyclic) bond motifs is 7. The van der Waals surface area contributed by atoms with Crippen LogP contribution in [0, 0.1) is 0 Å². The van der Waals surface area contributed by atoms with Crippen molar-refractivity contribution in [2.75, 3.05) is 0 Å². The summed E-state index contributed by atoms with van der Waals surface area (Å²) < 4.78 is 144. The third-order valence-corrected chi connectivity index (χ3v) is 6.98. The van der Waals surface area contributed by atoms with Gasteiger partial charge in [-0.15, -0.1) is 0 Å². The first kappa shape index (κ1) is 12.0. The Labute approximate surface area is 255 Å². The Bertz CT molecular complexity index is 2760. The zero-order valence-electron chi connectivity index (χ0n) is 36.6. The molecule has 2 aromatic heterocycles. The molecule has 0 spiro atoms. The Morgan fingerprint density at radius 3 is 2.00 bits per heavy atom. The number of benzene rings is 5. The van der Waals surface area contributed by atoms with Gasteiger partial charge in [-0.3, -0.25) is 4.57 Å². The molecule has 0 bridgehead atoms. The minimum absolute atomic E-state index is 0.0610. The molecule has 0 amide bonds. The number of rotatable bonds is 3. The third-order valence-electron chi connectivity index (χ3n) is 6.98. The van der Waals surface area contributed by atoms with Gasteiger partial charge in [0.1, 0.15) is 0 Å². The zero-order valence-corrected chi connectivity index (χ0v) is 20.6. The van der Waals surface area contributed by atoms with Crippen molar-refractivity contribution in [3.8, 4) is 39.9 Å². The van der Waals surface area contributed by atoms with Gasteiger partial charge in [0, 0.05) is 35.5 Å². The van der Waals surface area contributed by atoms with Crippen molar-refractivity contribution in [1.29, 1.82) is 0 Å². The van der Waals surface area contributed by atoms with Gasteiger partial charge in [0.15, 0.2) is 11.6 Å². The van der Waals surface area contributed by atoms with E-state index in [2.05, 4.69) is 4.98 Å². The lowest BCUT2D eigenvalue weighted by molar-refractivity contribution is 0.663. The summed E-state index contributed by atoms with van der Waals surface area (Å²) in [6, 6.07) is 9.26. The molecule has 0 radical (unpaired) electrons. The Morgan fingerprint density at radius 1 is 0.650 bits per heavy atom. The van der Waals surface area contributed by atoms with Crippen LogP contribution < -0.4 is 0 Å². The van der Waals surface area contributed by atoms with Crippen LogP contribution in [-0.4, -0.2) is 19.5 Å². The molecule has 0 saturated carbocycles. The van der Waals surface area contributed by atoms with E-state index in [1.807, 2.05) is 0 Å². The molecule has 0 saturated heterocycles. The molecular formula is C36H26N4. The number of hydrogen-bond acceptors (Lipinski definition) is 3. The van der Waals surface area contributed by atoms with Crippen LogP contribution in [0.25, 0.3) is 61.7 Å². The monoisotopic (exact) mass is 530 g/mol. The normalized spacial score (nSPS) is 19.8. The molecule has 4 nitrogen and oxygen atoms in total. The summed E-state index contributed by atoms with van der Waals surface area (Å²) >= 11 is 0. The molecule has 8 rings (SSSR count). The maximum Gasteiger partial charge on any atom is 0.238 e. The van der Waals surface area contributed by atoms with Crippen molar-refractivity contribution in [2.24, 2.45) is 0 Å². The highest BCUT2D eigenvalue weighted by molar-refractivity contribution is 6.12. The number of para-hydroxylation sites is 1. The summed E-state index contributed by atoms with van der Waals surface area (Å²) in [4.78, 5) is 14.1. The first-order valence-corrected chi connectivity index (χ1v) is 12.3. The Morgan fingerprint density at radius 2 is 1.30 bits per heavy atom. The maximum absolute atomic E-state index is 9.38. The fourth-order valence-electron chi connectivity index (χ4n) is 5.22. The number of nitrogens with zero attached hydrogens (tertiary/aromatic N) is 4. The van der Waals surface area contributed by atoms with Gasteiger partial charge in [-0.2, -0.15) is 9.97 Å². The third kappa shape index (κ3) is 3.23. The maximum atomic E-state index is 9.38. The summed E-state index contributed by atoms with van der Waals surface area (Å²) in [6.07, 6.45) is 0. The lowest BCUT2D eigenvalue weighted by atomic mass is 9.81. The zero-order chi connectivity index (χ0) is 40.5. The SMILES string of the molecule is [2H]c1c([2H])c([2H])c2c(c1[2H])-c1c([2H])c([2H])c3c4c([2H])c([2H])c([2H])c([2H])c4n(-c4nc(-c5ccccc5)nc(-c5ccccc5)n4)c3c1C2(C([2H])([2H])[2H])C([2H])([2H])[2H]. The summed E-state index contributed by atoms with van der Waals surface area (Å²) in [5.41, 5.74) is -5.95. The van der Waals surface area contributed by atoms with Gasteiger partial charge in [0.2, 0.25) is 5.95 Å². The molecule has 0 atom stereocenters. The number of aromatic nitrogens is 4. The topological polar surface area (TPSA) is 43.6 Å². The molecule has 1 aliphatic rings. The van der Waals surface area contributed by atoms with Gasteiger partial charge >= 0.3 is 0 Å². The summed E-state index contributed by atoms with van der Waals surface area (Å²) in [7, 11) is 0. The second-order valence-corrected chi connectivity index (χ2v) is 9.30. The molecule has 0 unspecified atom stereocenters. The Kier molecular flexibility index (Phi) is 2.53. The largest absolute Gasteiger partial charge is 0.277 e. The molecule has 5 aromatic carbocycles. The second-order valence-electron chi connectivity index (χ2n) is 9.30. The predicted molar refractivity (Wildman–Crippen MR) is 163 cm³/mol. The van der Waals surface area contributed by atoms with Crippen LogP contribution in [0.4, 0.5) is 0 Å². The second kappa shape index (κ2) is 8.45. The summed E-state index contributed by atoms with van der Waals surface area (Å²) in [5.74, 6) is -0.251. The number of hydrogen-bond donors (Lipinski definition) is 0. The minimum Gasteiger partial charge on any atom is -0.277 e. The molecule has 0 N–H and O–H groups in total. The van der Waals surface area contributed by atoms with Crippen molar-refractivity contribution in [3.63, 3.8) is 0 Å². The highest BCUT2D eigenvalue weighted by atomic mass is 15.2. The van der Waals surface area contributed by atoms with Crippen molar-refractivity contribution in [1.82, 2.24) is 19.5 Å². The molecule has 40 heavy (non-hydrogen) atoms. The standard InChI is InChI=1S/C36H26N4/c1-36(2)29-19-11-9-17-25(29)27-21-22-28-26-18-10-12-20-30(26)40(32(28)31(27)36)35-38-33(23-13-5-3-6-14-23)37-34(39-35)24-15-7-4-8-16-24/h3-22H,1-2H3/i1D3,2D3,9D,10D,11D,12D,17D,18D,19D,20D,21D,22D. The fraction of sp³-hybridized carbons (Fsp3) is 0.0833. The van der Waals surface area contributed by atoms with Crippen molar-refractivity contribution in [2.45, 2.75) is 19.1 Å². The first-order valence-electron chi connectivity index (χ1n) is 20.3. The van der Waals surface area contributed by atoms with E-state index in [-0.39, 0.29) is 28.5 Å². The van der Waals surface area contributed by atoms with E-state index in [1.54, 1.807) is 60.7 Å². The van der Waals surface area contributed by atoms with Crippen molar-refractivity contribution >= 4 is 21.8 Å². The van der Waals surface area contributed by atoms with Crippen LogP contribution >= 0.6 is 0 Å².